The maximum atomic E-state index is 5.82. The predicted octanol–water partition coefficient (Wildman–Crippen LogP) is 3.96. The van der Waals surface area contributed by atoms with Crippen molar-refractivity contribution >= 4 is 38.3 Å². The molecule has 1 aromatic carbocycles. The summed E-state index contributed by atoms with van der Waals surface area (Å²) in [6.07, 6.45) is 1.79. The van der Waals surface area contributed by atoms with Crippen molar-refractivity contribution in [3.05, 3.63) is 39.6 Å². The summed E-state index contributed by atoms with van der Waals surface area (Å²) >= 11 is 9.29. The topological polar surface area (TPSA) is 12.9 Å². The van der Waals surface area contributed by atoms with Crippen LogP contribution in [0.1, 0.15) is 5.56 Å². The minimum atomic E-state index is 0.536. The number of aryl methyl sites for hydroxylation is 1. The van der Waals surface area contributed by atoms with Crippen LogP contribution in [0.5, 0.6) is 0 Å². The van der Waals surface area contributed by atoms with E-state index in [0.717, 1.165) is 15.2 Å². The maximum Gasteiger partial charge on any atom is 0.129 e. The zero-order valence-electron chi connectivity index (χ0n) is 7.01. The van der Waals surface area contributed by atoms with Gasteiger partial charge in [0.2, 0.25) is 0 Å². The maximum absolute atomic E-state index is 5.82. The lowest BCUT2D eigenvalue weighted by Gasteiger charge is -2.03. The Kier molecular flexibility index (Phi) is 2.26. The van der Waals surface area contributed by atoms with Crippen molar-refractivity contribution in [2.75, 3.05) is 0 Å². The summed E-state index contributed by atoms with van der Waals surface area (Å²) in [6, 6.07) is 5.97. The van der Waals surface area contributed by atoms with Crippen molar-refractivity contribution in [2.45, 2.75) is 6.92 Å². The molecule has 0 aliphatic heterocycles. The van der Waals surface area contributed by atoms with E-state index in [0.29, 0.717) is 5.15 Å². The first kappa shape index (κ1) is 8.97. The monoisotopic (exact) mass is 255 g/mol. The molecular weight excluding hydrogens is 249 g/mol. The number of rotatable bonds is 0. The van der Waals surface area contributed by atoms with Gasteiger partial charge in [0.1, 0.15) is 5.15 Å². The number of fused-ring (bicyclic) bond motifs is 1. The largest absolute Gasteiger partial charge is 0.244 e. The number of hydrogen-bond acceptors (Lipinski definition) is 1. The lowest BCUT2D eigenvalue weighted by Crippen LogP contribution is -1.82. The van der Waals surface area contributed by atoms with E-state index in [-0.39, 0.29) is 0 Å². The van der Waals surface area contributed by atoms with Gasteiger partial charge < -0.3 is 0 Å². The number of halogens is 2. The average molecular weight is 257 g/mol. The zero-order chi connectivity index (χ0) is 9.42. The van der Waals surface area contributed by atoms with Crippen molar-refractivity contribution < 1.29 is 0 Å². The summed E-state index contributed by atoms with van der Waals surface area (Å²) in [5, 5.41) is 2.78. The van der Waals surface area contributed by atoms with Gasteiger partial charge in [-0.2, -0.15) is 0 Å². The van der Waals surface area contributed by atoms with E-state index >= 15 is 0 Å². The summed E-state index contributed by atoms with van der Waals surface area (Å²) in [5.41, 5.74) is 1.21. The molecule has 0 bridgehead atoms. The first-order valence-corrected chi connectivity index (χ1v) is 5.06. The molecule has 0 saturated carbocycles. The van der Waals surface area contributed by atoms with Gasteiger partial charge in [-0.1, -0.05) is 33.6 Å². The van der Waals surface area contributed by atoms with Gasteiger partial charge in [-0.25, -0.2) is 4.98 Å². The number of nitrogens with zero attached hydrogens (tertiary/aromatic N) is 1. The third-order valence-electron chi connectivity index (χ3n) is 2.03. The Bertz CT molecular complexity index is 468. The SMILES string of the molecule is Cc1ccc(Br)c2cnc(Cl)cc12. The van der Waals surface area contributed by atoms with Crippen molar-refractivity contribution in [1.82, 2.24) is 4.98 Å². The molecule has 0 fully saturated rings. The molecule has 2 aromatic rings. The van der Waals surface area contributed by atoms with Crippen molar-refractivity contribution in [1.29, 1.82) is 0 Å². The molecule has 2 rings (SSSR count). The summed E-state index contributed by atoms with van der Waals surface area (Å²) in [5.74, 6) is 0. The van der Waals surface area contributed by atoms with E-state index in [2.05, 4.69) is 33.9 Å². The fraction of sp³-hybridized carbons (Fsp3) is 0.100. The lowest BCUT2D eigenvalue weighted by atomic mass is 10.1. The Hall–Kier alpha value is -0.600. The highest BCUT2D eigenvalue weighted by Gasteiger charge is 2.02. The lowest BCUT2D eigenvalue weighted by molar-refractivity contribution is 1.35. The fourth-order valence-electron chi connectivity index (χ4n) is 1.32. The minimum Gasteiger partial charge on any atom is -0.244 e. The number of aromatic nitrogens is 1. The van der Waals surface area contributed by atoms with Gasteiger partial charge in [0.15, 0.2) is 0 Å². The normalized spacial score (nSPS) is 10.7. The molecule has 1 nitrogen and oxygen atoms in total. The van der Waals surface area contributed by atoms with E-state index in [1.807, 2.05) is 12.1 Å². The van der Waals surface area contributed by atoms with Gasteiger partial charge in [-0.15, -0.1) is 0 Å². The standard InChI is InChI=1S/C10H7BrClN/c1-6-2-3-9(11)8-5-13-10(12)4-7(6)8/h2-5H,1H3. The molecule has 13 heavy (non-hydrogen) atoms. The molecule has 1 heterocycles. The Morgan fingerprint density at radius 1 is 1.31 bits per heavy atom. The molecule has 66 valence electrons. The molecule has 0 amide bonds. The average Bonchev–Trinajstić information content (AvgIpc) is 2.12. The molecule has 0 radical (unpaired) electrons. The Labute approximate surface area is 89.9 Å². The second-order valence-corrected chi connectivity index (χ2v) is 4.16. The van der Waals surface area contributed by atoms with Crippen LogP contribution in [0.3, 0.4) is 0 Å². The summed E-state index contributed by atoms with van der Waals surface area (Å²) in [6.45, 7) is 2.06. The Morgan fingerprint density at radius 2 is 2.08 bits per heavy atom. The van der Waals surface area contributed by atoms with Crippen LogP contribution in [0.25, 0.3) is 10.8 Å². The number of hydrogen-bond donors (Lipinski definition) is 0. The first-order chi connectivity index (χ1) is 6.18. The van der Waals surface area contributed by atoms with Gasteiger partial charge in [0.05, 0.1) is 0 Å². The number of benzene rings is 1. The minimum absolute atomic E-state index is 0.536. The summed E-state index contributed by atoms with van der Waals surface area (Å²) in [4.78, 5) is 4.04. The van der Waals surface area contributed by atoms with Crippen LogP contribution in [-0.2, 0) is 0 Å². The molecule has 0 N–H and O–H groups in total. The van der Waals surface area contributed by atoms with Crippen LogP contribution in [0.15, 0.2) is 28.9 Å². The zero-order valence-corrected chi connectivity index (χ0v) is 9.35. The molecular formula is C10H7BrClN. The van der Waals surface area contributed by atoms with Crippen LogP contribution in [0.4, 0.5) is 0 Å². The molecule has 0 unspecified atom stereocenters. The van der Waals surface area contributed by atoms with Gasteiger partial charge in [-0.3, -0.25) is 0 Å². The molecule has 0 aliphatic rings. The van der Waals surface area contributed by atoms with Gasteiger partial charge in [0, 0.05) is 16.1 Å². The third-order valence-corrected chi connectivity index (χ3v) is 2.93. The highest BCUT2D eigenvalue weighted by atomic mass is 79.9. The molecule has 0 saturated heterocycles. The van der Waals surface area contributed by atoms with E-state index in [4.69, 9.17) is 11.6 Å². The Balaban J connectivity index is 2.92. The molecule has 0 atom stereocenters. The van der Waals surface area contributed by atoms with E-state index in [1.165, 1.54) is 5.56 Å². The summed E-state index contributed by atoms with van der Waals surface area (Å²) in [7, 11) is 0. The van der Waals surface area contributed by atoms with Crippen molar-refractivity contribution in [3.63, 3.8) is 0 Å². The predicted molar refractivity (Wildman–Crippen MR) is 59.2 cm³/mol. The van der Waals surface area contributed by atoms with Gasteiger partial charge >= 0.3 is 0 Å². The fourth-order valence-corrected chi connectivity index (χ4v) is 1.93. The molecule has 3 heteroatoms. The second kappa shape index (κ2) is 3.28. The van der Waals surface area contributed by atoms with Crippen LogP contribution >= 0.6 is 27.5 Å². The van der Waals surface area contributed by atoms with E-state index in [9.17, 15) is 0 Å². The first-order valence-electron chi connectivity index (χ1n) is 3.89. The smallest absolute Gasteiger partial charge is 0.129 e. The molecule has 0 spiro atoms. The van der Waals surface area contributed by atoms with Crippen LogP contribution in [0.2, 0.25) is 5.15 Å². The molecule has 1 aromatic heterocycles. The molecule has 0 aliphatic carbocycles. The van der Waals surface area contributed by atoms with E-state index in [1.54, 1.807) is 6.20 Å². The van der Waals surface area contributed by atoms with E-state index < -0.39 is 0 Å². The number of pyridine rings is 1. The van der Waals surface area contributed by atoms with Gasteiger partial charge in [-0.05, 0) is 30.0 Å². The highest BCUT2D eigenvalue weighted by molar-refractivity contribution is 9.10. The van der Waals surface area contributed by atoms with Crippen molar-refractivity contribution in [2.24, 2.45) is 0 Å². The van der Waals surface area contributed by atoms with Crippen LogP contribution < -0.4 is 0 Å². The van der Waals surface area contributed by atoms with Gasteiger partial charge in [0.25, 0.3) is 0 Å². The van der Waals surface area contributed by atoms with Crippen molar-refractivity contribution in [3.8, 4) is 0 Å². The van der Waals surface area contributed by atoms with Crippen LogP contribution in [0, 0.1) is 6.92 Å². The second-order valence-electron chi connectivity index (χ2n) is 2.92. The summed E-state index contributed by atoms with van der Waals surface area (Å²) < 4.78 is 1.05. The van der Waals surface area contributed by atoms with Crippen LogP contribution in [-0.4, -0.2) is 4.98 Å². The highest BCUT2D eigenvalue weighted by Crippen LogP contribution is 2.27. The quantitative estimate of drug-likeness (QED) is 0.650. The third kappa shape index (κ3) is 1.56. The Morgan fingerprint density at radius 3 is 2.85 bits per heavy atom.